The van der Waals surface area contributed by atoms with Gasteiger partial charge < -0.3 is 9.80 Å². The third-order valence-electron chi connectivity index (χ3n) is 5.51. The number of nitrogens with zero attached hydrogens (tertiary/aromatic N) is 3. The van der Waals surface area contributed by atoms with E-state index in [1.807, 2.05) is 48.2 Å². The van der Waals surface area contributed by atoms with Crippen LogP contribution in [-0.2, 0) is 4.79 Å². The van der Waals surface area contributed by atoms with Crippen LogP contribution < -0.4 is 0 Å². The summed E-state index contributed by atoms with van der Waals surface area (Å²) in [6, 6.07) is 11.9. The van der Waals surface area contributed by atoms with Gasteiger partial charge in [-0.1, -0.05) is 30.3 Å². The molecule has 1 aromatic carbocycles. The normalized spacial score (nSPS) is 16.7. The number of amides is 2. The molecule has 0 bridgehead atoms. The minimum Gasteiger partial charge on any atom is -0.349 e. The number of aromatic nitrogens is 1. The fourth-order valence-corrected chi connectivity index (χ4v) is 3.89. The molecular weight excluding hydrogens is 350 g/mol. The summed E-state index contributed by atoms with van der Waals surface area (Å²) >= 11 is 0. The average Bonchev–Trinajstić information content (AvgIpc) is 2.72. The smallest absolute Gasteiger partial charge is 0.256 e. The number of likely N-dealkylation sites (tertiary alicyclic amines) is 1. The topological polar surface area (TPSA) is 53.5 Å². The van der Waals surface area contributed by atoms with E-state index in [2.05, 4.69) is 4.98 Å². The van der Waals surface area contributed by atoms with E-state index in [0.29, 0.717) is 24.4 Å². The van der Waals surface area contributed by atoms with Crippen molar-refractivity contribution in [1.82, 2.24) is 14.8 Å². The Hall–Kier alpha value is -2.69. The number of hydrogen-bond donors (Lipinski definition) is 0. The van der Waals surface area contributed by atoms with Crippen LogP contribution in [0.5, 0.6) is 0 Å². The number of pyridine rings is 1. The lowest BCUT2D eigenvalue weighted by Crippen LogP contribution is -2.40. The van der Waals surface area contributed by atoms with E-state index in [1.54, 1.807) is 25.2 Å². The van der Waals surface area contributed by atoms with Crippen LogP contribution in [0.3, 0.4) is 0 Å². The van der Waals surface area contributed by atoms with Gasteiger partial charge in [0.2, 0.25) is 5.91 Å². The van der Waals surface area contributed by atoms with Crippen LogP contribution in [0.2, 0.25) is 0 Å². The molecule has 0 spiro atoms. The number of carbonyl (C=O) groups excluding carboxylic acids is 2. The van der Waals surface area contributed by atoms with Crippen LogP contribution >= 0.6 is 0 Å². The molecule has 2 heterocycles. The quantitative estimate of drug-likeness (QED) is 0.794. The van der Waals surface area contributed by atoms with Crippen molar-refractivity contribution in [2.45, 2.75) is 32.6 Å². The molecule has 0 radical (unpaired) electrons. The van der Waals surface area contributed by atoms with Crippen molar-refractivity contribution in [3.8, 4) is 11.1 Å². The van der Waals surface area contributed by atoms with Crippen LogP contribution in [0.1, 0.15) is 41.7 Å². The molecule has 1 saturated heterocycles. The number of hydrogen-bond acceptors (Lipinski definition) is 3. The monoisotopic (exact) mass is 379 g/mol. The number of aryl methyl sites for hydroxylation is 1. The van der Waals surface area contributed by atoms with E-state index < -0.39 is 0 Å². The Balaban J connectivity index is 1.78. The van der Waals surface area contributed by atoms with Crippen LogP contribution in [0, 0.1) is 12.8 Å². The zero-order chi connectivity index (χ0) is 20.1. The van der Waals surface area contributed by atoms with E-state index in [9.17, 15) is 9.59 Å². The van der Waals surface area contributed by atoms with Crippen molar-refractivity contribution in [2.24, 2.45) is 5.92 Å². The first-order valence-corrected chi connectivity index (χ1v) is 9.98. The number of benzene rings is 1. The Bertz CT molecular complexity index is 833. The fourth-order valence-electron chi connectivity index (χ4n) is 3.89. The van der Waals surface area contributed by atoms with Crippen LogP contribution in [-0.4, -0.2) is 53.8 Å². The average molecular weight is 380 g/mol. The van der Waals surface area contributed by atoms with Gasteiger partial charge in [-0.15, -0.1) is 0 Å². The van der Waals surface area contributed by atoms with Gasteiger partial charge in [0.1, 0.15) is 0 Å². The summed E-state index contributed by atoms with van der Waals surface area (Å²) in [4.78, 5) is 33.3. The van der Waals surface area contributed by atoms with E-state index >= 15 is 0 Å². The fraction of sp³-hybridized carbons (Fsp3) is 0.435. The molecule has 1 fully saturated rings. The predicted molar refractivity (Wildman–Crippen MR) is 111 cm³/mol. The molecule has 2 amide bonds. The molecule has 0 aliphatic carbocycles. The Morgan fingerprint density at radius 2 is 1.93 bits per heavy atom. The van der Waals surface area contributed by atoms with Crippen molar-refractivity contribution < 1.29 is 9.59 Å². The molecule has 3 rings (SSSR count). The maximum Gasteiger partial charge on any atom is 0.256 e. The summed E-state index contributed by atoms with van der Waals surface area (Å²) in [7, 11) is 3.57. The molecule has 0 saturated carbocycles. The van der Waals surface area contributed by atoms with Gasteiger partial charge in [0.25, 0.3) is 5.91 Å². The van der Waals surface area contributed by atoms with Crippen molar-refractivity contribution in [2.75, 3.05) is 27.2 Å². The first-order chi connectivity index (χ1) is 13.5. The van der Waals surface area contributed by atoms with Crippen molar-refractivity contribution in [3.63, 3.8) is 0 Å². The first-order valence-electron chi connectivity index (χ1n) is 9.98. The van der Waals surface area contributed by atoms with E-state index in [1.165, 1.54) is 0 Å². The molecule has 1 aliphatic heterocycles. The minimum atomic E-state index is 0.0492. The first kappa shape index (κ1) is 20.1. The standard InChI is InChI=1S/C23H29N3O2/c1-17-22(20(13-14-24-17)19-9-5-4-6-10-19)23(28)26-15-7-8-18(16-26)11-12-21(27)25(2)3/h4-6,9-10,13-14,18H,7-8,11-12,15-16H2,1-3H3/t18-/m1/s1. The van der Waals surface area contributed by atoms with Crippen LogP contribution in [0.15, 0.2) is 42.6 Å². The van der Waals surface area contributed by atoms with Crippen molar-refractivity contribution >= 4 is 11.8 Å². The molecule has 2 aromatic rings. The Kier molecular flexibility index (Phi) is 6.45. The van der Waals surface area contributed by atoms with Gasteiger partial charge in [-0.05, 0) is 49.3 Å². The second kappa shape index (κ2) is 9.00. The molecule has 0 unspecified atom stereocenters. The largest absolute Gasteiger partial charge is 0.349 e. The highest BCUT2D eigenvalue weighted by molar-refractivity contribution is 6.01. The lowest BCUT2D eigenvalue weighted by molar-refractivity contribution is -0.129. The molecule has 5 heteroatoms. The number of carbonyl (C=O) groups is 2. The van der Waals surface area contributed by atoms with E-state index in [0.717, 1.165) is 42.6 Å². The zero-order valence-electron chi connectivity index (χ0n) is 17.0. The maximum atomic E-state index is 13.4. The van der Waals surface area contributed by atoms with Gasteiger partial charge in [-0.2, -0.15) is 0 Å². The van der Waals surface area contributed by atoms with Gasteiger partial charge in [-0.25, -0.2) is 0 Å². The highest BCUT2D eigenvalue weighted by Crippen LogP contribution is 2.29. The maximum absolute atomic E-state index is 13.4. The molecular formula is C23H29N3O2. The molecule has 28 heavy (non-hydrogen) atoms. The summed E-state index contributed by atoms with van der Waals surface area (Å²) < 4.78 is 0. The van der Waals surface area contributed by atoms with Gasteiger partial charge >= 0.3 is 0 Å². The van der Waals surface area contributed by atoms with Gasteiger partial charge in [0.05, 0.1) is 11.3 Å². The predicted octanol–water partition coefficient (Wildman–Crippen LogP) is 3.78. The van der Waals surface area contributed by atoms with Crippen LogP contribution in [0.4, 0.5) is 0 Å². The SMILES string of the molecule is Cc1nccc(-c2ccccc2)c1C(=O)N1CCC[C@H](CCC(=O)N(C)C)C1. The van der Waals surface area contributed by atoms with Crippen molar-refractivity contribution in [3.05, 3.63) is 53.9 Å². The number of piperidine rings is 1. The molecule has 5 nitrogen and oxygen atoms in total. The molecule has 1 aromatic heterocycles. The lowest BCUT2D eigenvalue weighted by atomic mass is 9.91. The highest BCUT2D eigenvalue weighted by atomic mass is 16.2. The van der Waals surface area contributed by atoms with Crippen molar-refractivity contribution in [1.29, 1.82) is 0 Å². The van der Waals surface area contributed by atoms with E-state index in [-0.39, 0.29) is 11.8 Å². The minimum absolute atomic E-state index is 0.0492. The molecule has 0 N–H and O–H groups in total. The second-order valence-electron chi connectivity index (χ2n) is 7.77. The summed E-state index contributed by atoms with van der Waals surface area (Å²) in [5.74, 6) is 0.574. The lowest BCUT2D eigenvalue weighted by Gasteiger charge is -2.33. The summed E-state index contributed by atoms with van der Waals surface area (Å²) in [5.41, 5.74) is 3.42. The third kappa shape index (κ3) is 4.58. The Labute approximate surface area is 167 Å². The zero-order valence-corrected chi connectivity index (χ0v) is 17.0. The highest BCUT2D eigenvalue weighted by Gasteiger charge is 2.27. The molecule has 148 valence electrons. The third-order valence-corrected chi connectivity index (χ3v) is 5.51. The summed E-state index contributed by atoms with van der Waals surface area (Å²) in [6.07, 6.45) is 5.19. The van der Waals surface area contributed by atoms with E-state index in [4.69, 9.17) is 0 Å². The summed E-state index contributed by atoms with van der Waals surface area (Å²) in [5, 5.41) is 0. The number of rotatable bonds is 5. The molecule has 1 aliphatic rings. The Morgan fingerprint density at radius 3 is 2.64 bits per heavy atom. The summed E-state index contributed by atoms with van der Waals surface area (Å²) in [6.45, 7) is 3.37. The van der Waals surface area contributed by atoms with Crippen LogP contribution in [0.25, 0.3) is 11.1 Å². The van der Waals surface area contributed by atoms with Gasteiger partial charge in [-0.3, -0.25) is 14.6 Å². The van der Waals surface area contributed by atoms with Gasteiger partial charge in [0, 0.05) is 39.8 Å². The molecule has 1 atom stereocenters. The van der Waals surface area contributed by atoms with Gasteiger partial charge in [0.15, 0.2) is 0 Å². The Morgan fingerprint density at radius 1 is 1.18 bits per heavy atom. The second-order valence-corrected chi connectivity index (χ2v) is 7.77.